The van der Waals surface area contributed by atoms with Crippen LogP contribution in [0.5, 0.6) is 5.75 Å². The molecule has 1 heterocycles. The predicted molar refractivity (Wildman–Crippen MR) is 99.4 cm³/mol. The molecule has 1 fully saturated rings. The van der Waals surface area contributed by atoms with Crippen LogP contribution in [0.1, 0.15) is 32.1 Å². The van der Waals surface area contributed by atoms with Gasteiger partial charge in [-0.15, -0.1) is 12.4 Å². The number of piperidine rings is 1. The second-order valence-electron chi connectivity index (χ2n) is 5.70. The molecule has 6 heteroatoms. The smallest absolute Gasteiger partial charge is 0.222 e. The van der Waals surface area contributed by atoms with Crippen LogP contribution in [-0.4, -0.2) is 43.6 Å². The Kier molecular flexibility index (Phi) is 9.60. The van der Waals surface area contributed by atoms with Crippen LogP contribution in [0.3, 0.4) is 0 Å². The van der Waals surface area contributed by atoms with Gasteiger partial charge in [-0.2, -0.15) is 0 Å². The van der Waals surface area contributed by atoms with Crippen molar-refractivity contribution >= 4 is 34.2 Å². The fraction of sp³-hybridized carbons (Fsp3) is 0.588. The zero-order valence-electron chi connectivity index (χ0n) is 13.6. The molecule has 1 saturated heterocycles. The first kappa shape index (κ1) is 20.3. The highest BCUT2D eigenvalue weighted by Crippen LogP contribution is 2.17. The van der Waals surface area contributed by atoms with Gasteiger partial charge in [-0.05, 0) is 57.0 Å². The summed E-state index contributed by atoms with van der Waals surface area (Å²) in [5.74, 6) is 1.17. The molecule has 0 aliphatic carbocycles. The maximum absolute atomic E-state index is 12.1. The molecular weight excluding hydrogens is 380 g/mol. The summed E-state index contributed by atoms with van der Waals surface area (Å²) < 4.78 is 6.71. The SMILES string of the molecule is CNC1CCN(C(=O)CCCCOc2ccc(Br)cc2)CC1.Cl. The standard InChI is InChI=1S/C17H25BrN2O2.ClH/c1-19-15-9-11-20(12-10-15)17(21)4-2-3-13-22-16-7-5-14(18)6-8-16;/h5-8,15,19H,2-4,9-13H2,1H3;1H. The number of benzene rings is 1. The average molecular weight is 406 g/mol. The van der Waals surface area contributed by atoms with Gasteiger partial charge in [0.05, 0.1) is 6.61 Å². The van der Waals surface area contributed by atoms with Crippen LogP contribution in [0.25, 0.3) is 0 Å². The highest BCUT2D eigenvalue weighted by atomic mass is 79.9. The quantitative estimate of drug-likeness (QED) is 0.704. The number of nitrogens with zero attached hydrogens (tertiary/aromatic N) is 1. The normalized spacial score (nSPS) is 15.1. The first-order valence-electron chi connectivity index (χ1n) is 8.02. The van der Waals surface area contributed by atoms with E-state index >= 15 is 0 Å². The minimum Gasteiger partial charge on any atom is -0.494 e. The van der Waals surface area contributed by atoms with E-state index in [1.54, 1.807) is 0 Å². The largest absolute Gasteiger partial charge is 0.494 e. The fourth-order valence-corrected chi connectivity index (χ4v) is 2.94. The van der Waals surface area contributed by atoms with E-state index in [4.69, 9.17) is 4.74 Å². The van der Waals surface area contributed by atoms with Crippen LogP contribution >= 0.6 is 28.3 Å². The van der Waals surface area contributed by atoms with Crippen molar-refractivity contribution in [3.05, 3.63) is 28.7 Å². The van der Waals surface area contributed by atoms with Crippen molar-refractivity contribution in [2.75, 3.05) is 26.7 Å². The first-order valence-corrected chi connectivity index (χ1v) is 8.82. The topological polar surface area (TPSA) is 41.6 Å². The maximum Gasteiger partial charge on any atom is 0.222 e. The predicted octanol–water partition coefficient (Wildman–Crippen LogP) is 3.63. The van der Waals surface area contributed by atoms with E-state index < -0.39 is 0 Å². The van der Waals surface area contributed by atoms with Crippen LogP contribution < -0.4 is 10.1 Å². The third-order valence-electron chi connectivity index (χ3n) is 4.12. The maximum atomic E-state index is 12.1. The molecule has 1 aromatic rings. The Balaban J connectivity index is 0.00000264. The number of hydrogen-bond donors (Lipinski definition) is 1. The summed E-state index contributed by atoms with van der Waals surface area (Å²) in [6.07, 6.45) is 4.56. The first-order chi connectivity index (χ1) is 10.7. The Labute approximate surface area is 153 Å². The van der Waals surface area contributed by atoms with E-state index in [9.17, 15) is 4.79 Å². The van der Waals surface area contributed by atoms with Gasteiger partial charge in [0.25, 0.3) is 0 Å². The van der Waals surface area contributed by atoms with Gasteiger partial charge in [0.15, 0.2) is 0 Å². The molecule has 1 aliphatic heterocycles. The highest BCUT2D eigenvalue weighted by molar-refractivity contribution is 9.10. The molecule has 0 spiro atoms. The lowest BCUT2D eigenvalue weighted by Crippen LogP contribution is -2.43. The Bertz CT molecular complexity index is 462. The number of halogens is 2. The number of rotatable bonds is 7. The van der Waals surface area contributed by atoms with Gasteiger partial charge in [-0.1, -0.05) is 15.9 Å². The molecule has 1 aromatic carbocycles. The zero-order valence-corrected chi connectivity index (χ0v) is 16.0. The molecule has 4 nitrogen and oxygen atoms in total. The summed E-state index contributed by atoms with van der Waals surface area (Å²) >= 11 is 3.40. The van der Waals surface area contributed by atoms with E-state index in [-0.39, 0.29) is 18.3 Å². The molecule has 0 bridgehead atoms. The summed E-state index contributed by atoms with van der Waals surface area (Å²) in [5.41, 5.74) is 0. The van der Waals surface area contributed by atoms with E-state index in [0.29, 0.717) is 19.1 Å². The van der Waals surface area contributed by atoms with Crippen molar-refractivity contribution in [1.29, 1.82) is 0 Å². The van der Waals surface area contributed by atoms with Gasteiger partial charge < -0.3 is 15.0 Å². The number of carbonyl (C=O) groups is 1. The molecule has 0 radical (unpaired) electrons. The summed E-state index contributed by atoms with van der Waals surface area (Å²) in [5, 5.41) is 3.28. The number of nitrogens with one attached hydrogen (secondary N) is 1. The molecule has 0 saturated carbocycles. The Morgan fingerprint density at radius 2 is 1.91 bits per heavy atom. The van der Waals surface area contributed by atoms with Crippen molar-refractivity contribution in [3.8, 4) is 5.75 Å². The van der Waals surface area contributed by atoms with E-state index in [2.05, 4.69) is 21.2 Å². The van der Waals surface area contributed by atoms with Gasteiger partial charge in [0.2, 0.25) is 5.91 Å². The minimum absolute atomic E-state index is 0. The van der Waals surface area contributed by atoms with Crippen molar-refractivity contribution < 1.29 is 9.53 Å². The molecule has 130 valence electrons. The van der Waals surface area contributed by atoms with Crippen molar-refractivity contribution in [2.24, 2.45) is 0 Å². The van der Waals surface area contributed by atoms with Gasteiger partial charge in [-0.25, -0.2) is 0 Å². The molecular formula is C17H26BrClN2O2. The summed E-state index contributed by atoms with van der Waals surface area (Å²) in [4.78, 5) is 14.1. The highest BCUT2D eigenvalue weighted by Gasteiger charge is 2.20. The molecule has 2 rings (SSSR count). The van der Waals surface area contributed by atoms with Crippen molar-refractivity contribution in [3.63, 3.8) is 0 Å². The Morgan fingerprint density at radius 1 is 1.26 bits per heavy atom. The van der Waals surface area contributed by atoms with E-state index in [1.165, 1.54) is 0 Å². The third-order valence-corrected chi connectivity index (χ3v) is 4.65. The number of unbranched alkanes of at least 4 members (excludes halogenated alkanes) is 1. The number of hydrogen-bond acceptors (Lipinski definition) is 3. The van der Waals surface area contributed by atoms with Crippen molar-refractivity contribution in [1.82, 2.24) is 10.2 Å². The summed E-state index contributed by atoms with van der Waals surface area (Å²) in [6.45, 7) is 2.44. The van der Waals surface area contributed by atoms with E-state index in [0.717, 1.165) is 49.0 Å². The van der Waals surface area contributed by atoms with Gasteiger partial charge in [0.1, 0.15) is 5.75 Å². The van der Waals surface area contributed by atoms with Crippen LogP contribution in [0.2, 0.25) is 0 Å². The Hall–Kier alpha value is -0.780. The van der Waals surface area contributed by atoms with Gasteiger partial charge >= 0.3 is 0 Å². The van der Waals surface area contributed by atoms with Crippen LogP contribution in [0.15, 0.2) is 28.7 Å². The number of likely N-dealkylation sites (tertiary alicyclic amines) is 1. The summed E-state index contributed by atoms with van der Waals surface area (Å²) in [7, 11) is 1.99. The van der Waals surface area contributed by atoms with Crippen LogP contribution in [0, 0.1) is 0 Å². The molecule has 1 amide bonds. The lowest BCUT2D eigenvalue weighted by Gasteiger charge is -2.31. The van der Waals surface area contributed by atoms with Gasteiger partial charge in [0, 0.05) is 30.0 Å². The molecule has 0 aromatic heterocycles. The second kappa shape index (κ2) is 10.9. The third kappa shape index (κ3) is 7.10. The number of carbonyl (C=O) groups excluding carboxylic acids is 1. The second-order valence-corrected chi connectivity index (χ2v) is 6.62. The van der Waals surface area contributed by atoms with Crippen LogP contribution in [-0.2, 0) is 4.79 Å². The molecule has 1 aliphatic rings. The van der Waals surface area contributed by atoms with Gasteiger partial charge in [-0.3, -0.25) is 4.79 Å². The molecule has 0 unspecified atom stereocenters. The lowest BCUT2D eigenvalue weighted by atomic mass is 10.0. The zero-order chi connectivity index (χ0) is 15.8. The number of ether oxygens (including phenoxy) is 1. The van der Waals surface area contributed by atoms with Crippen molar-refractivity contribution in [2.45, 2.75) is 38.1 Å². The van der Waals surface area contributed by atoms with E-state index in [1.807, 2.05) is 36.2 Å². The monoisotopic (exact) mass is 404 g/mol. The fourth-order valence-electron chi connectivity index (χ4n) is 2.67. The molecule has 23 heavy (non-hydrogen) atoms. The lowest BCUT2D eigenvalue weighted by molar-refractivity contribution is -0.132. The number of amides is 1. The average Bonchev–Trinajstić information content (AvgIpc) is 2.56. The Morgan fingerprint density at radius 3 is 2.52 bits per heavy atom. The van der Waals surface area contributed by atoms with Crippen LogP contribution in [0.4, 0.5) is 0 Å². The minimum atomic E-state index is 0. The summed E-state index contributed by atoms with van der Waals surface area (Å²) in [6, 6.07) is 8.40. The molecule has 1 N–H and O–H groups in total. The molecule has 0 atom stereocenters.